The standard InChI is InChI=1S/C19H19FN2O4/c1-24-16-6-5-13(10-14(16)20)19(23)22-9-8-15(21-22)12-4-7-17(25-2)18(11-12)26-3/h4-7,10-11H,8-9H2,1-3H3. The Morgan fingerprint density at radius 3 is 2.35 bits per heavy atom. The van der Waals surface area contributed by atoms with Crippen molar-refractivity contribution in [3.8, 4) is 17.2 Å². The van der Waals surface area contributed by atoms with Crippen LogP contribution in [0.25, 0.3) is 0 Å². The molecule has 3 rings (SSSR count). The lowest BCUT2D eigenvalue weighted by molar-refractivity contribution is 0.0777. The van der Waals surface area contributed by atoms with Gasteiger partial charge in [-0.2, -0.15) is 5.10 Å². The van der Waals surface area contributed by atoms with Gasteiger partial charge in [-0.15, -0.1) is 0 Å². The summed E-state index contributed by atoms with van der Waals surface area (Å²) in [6.07, 6.45) is 0.597. The fourth-order valence-corrected chi connectivity index (χ4v) is 2.77. The second-order valence-electron chi connectivity index (χ2n) is 5.64. The lowest BCUT2D eigenvalue weighted by Gasteiger charge is -2.12. The number of hydrazone groups is 1. The van der Waals surface area contributed by atoms with Gasteiger partial charge in [0.2, 0.25) is 0 Å². The normalized spacial score (nSPS) is 13.4. The van der Waals surface area contributed by atoms with E-state index in [1.807, 2.05) is 12.1 Å². The summed E-state index contributed by atoms with van der Waals surface area (Å²) in [5, 5.41) is 5.73. The molecule has 6 nitrogen and oxygen atoms in total. The van der Waals surface area contributed by atoms with Crippen LogP contribution >= 0.6 is 0 Å². The number of carbonyl (C=O) groups is 1. The van der Waals surface area contributed by atoms with Crippen molar-refractivity contribution >= 4 is 11.6 Å². The maximum Gasteiger partial charge on any atom is 0.274 e. The summed E-state index contributed by atoms with van der Waals surface area (Å²) in [5.74, 6) is 0.368. The van der Waals surface area contributed by atoms with Crippen LogP contribution in [0.2, 0.25) is 0 Å². The van der Waals surface area contributed by atoms with Crippen molar-refractivity contribution in [3.05, 3.63) is 53.3 Å². The Hall–Kier alpha value is -3.09. The van der Waals surface area contributed by atoms with Crippen molar-refractivity contribution in [1.82, 2.24) is 5.01 Å². The molecule has 1 aliphatic heterocycles. The summed E-state index contributed by atoms with van der Waals surface area (Å²) in [6.45, 7) is 0.427. The van der Waals surface area contributed by atoms with Gasteiger partial charge in [-0.1, -0.05) is 0 Å². The number of methoxy groups -OCH3 is 3. The minimum Gasteiger partial charge on any atom is -0.494 e. The Morgan fingerprint density at radius 2 is 1.69 bits per heavy atom. The number of amides is 1. The molecule has 26 heavy (non-hydrogen) atoms. The molecule has 1 amide bonds. The lowest BCUT2D eigenvalue weighted by atomic mass is 10.1. The number of hydrogen-bond acceptors (Lipinski definition) is 5. The summed E-state index contributed by atoms with van der Waals surface area (Å²) >= 11 is 0. The first-order chi connectivity index (χ1) is 12.6. The topological polar surface area (TPSA) is 60.4 Å². The van der Waals surface area contributed by atoms with Crippen molar-refractivity contribution in [2.75, 3.05) is 27.9 Å². The monoisotopic (exact) mass is 358 g/mol. The second kappa shape index (κ2) is 7.43. The Morgan fingerprint density at radius 1 is 1.00 bits per heavy atom. The van der Waals surface area contributed by atoms with E-state index in [1.54, 1.807) is 20.3 Å². The molecule has 0 aliphatic carbocycles. The van der Waals surface area contributed by atoms with Gasteiger partial charge < -0.3 is 14.2 Å². The van der Waals surface area contributed by atoms with Gasteiger partial charge in [0.05, 0.1) is 33.6 Å². The van der Waals surface area contributed by atoms with Crippen LogP contribution in [0.1, 0.15) is 22.3 Å². The second-order valence-corrected chi connectivity index (χ2v) is 5.64. The van der Waals surface area contributed by atoms with E-state index in [0.29, 0.717) is 24.5 Å². The van der Waals surface area contributed by atoms with E-state index in [4.69, 9.17) is 14.2 Å². The maximum absolute atomic E-state index is 13.8. The van der Waals surface area contributed by atoms with E-state index in [2.05, 4.69) is 5.10 Å². The molecule has 136 valence electrons. The Labute approximate surface area is 150 Å². The summed E-state index contributed by atoms with van der Waals surface area (Å²) in [5.41, 5.74) is 1.83. The predicted molar refractivity (Wildman–Crippen MR) is 94.7 cm³/mol. The molecule has 1 aliphatic rings. The largest absolute Gasteiger partial charge is 0.494 e. The highest BCUT2D eigenvalue weighted by molar-refractivity contribution is 6.04. The molecule has 0 saturated heterocycles. The third kappa shape index (κ3) is 3.33. The van der Waals surface area contributed by atoms with Crippen LogP contribution in [-0.2, 0) is 0 Å². The van der Waals surface area contributed by atoms with Gasteiger partial charge in [-0.25, -0.2) is 9.40 Å². The smallest absolute Gasteiger partial charge is 0.274 e. The molecule has 0 atom stereocenters. The van der Waals surface area contributed by atoms with Crippen LogP contribution in [0.15, 0.2) is 41.5 Å². The van der Waals surface area contributed by atoms with Crippen molar-refractivity contribution in [1.29, 1.82) is 0 Å². The molecular formula is C19H19FN2O4. The van der Waals surface area contributed by atoms with E-state index in [-0.39, 0.29) is 17.2 Å². The molecule has 7 heteroatoms. The summed E-state index contributed by atoms with van der Waals surface area (Å²) in [6, 6.07) is 9.58. The van der Waals surface area contributed by atoms with Crippen LogP contribution in [0.5, 0.6) is 17.2 Å². The SMILES string of the molecule is COc1ccc(C(=O)N2CCC(c3ccc(OC)c(OC)c3)=N2)cc1F. The fraction of sp³-hybridized carbons (Fsp3) is 0.263. The van der Waals surface area contributed by atoms with E-state index in [0.717, 1.165) is 17.3 Å². The highest BCUT2D eigenvalue weighted by Gasteiger charge is 2.24. The molecular weight excluding hydrogens is 339 g/mol. The minimum atomic E-state index is -0.582. The van der Waals surface area contributed by atoms with Gasteiger partial charge in [0.15, 0.2) is 23.1 Å². The predicted octanol–water partition coefficient (Wildman–Crippen LogP) is 3.10. The quantitative estimate of drug-likeness (QED) is 0.824. The molecule has 0 radical (unpaired) electrons. The first kappa shape index (κ1) is 17.7. The van der Waals surface area contributed by atoms with E-state index in [9.17, 15) is 9.18 Å². The number of nitrogens with zero attached hydrogens (tertiary/aromatic N) is 2. The number of rotatable bonds is 5. The number of benzene rings is 2. The van der Waals surface area contributed by atoms with Crippen molar-refractivity contribution in [2.24, 2.45) is 5.10 Å². The number of hydrogen-bond donors (Lipinski definition) is 0. The maximum atomic E-state index is 13.8. The highest BCUT2D eigenvalue weighted by atomic mass is 19.1. The third-order valence-electron chi connectivity index (χ3n) is 4.15. The zero-order chi connectivity index (χ0) is 18.7. The molecule has 0 N–H and O–H groups in total. The van der Waals surface area contributed by atoms with Gasteiger partial charge in [0.1, 0.15) is 0 Å². The number of ether oxygens (including phenoxy) is 3. The average Bonchev–Trinajstić information content (AvgIpc) is 3.16. The Kier molecular flexibility index (Phi) is 5.06. The molecule has 0 spiro atoms. The van der Waals surface area contributed by atoms with Crippen LogP contribution < -0.4 is 14.2 Å². The van der Waals surface area contributed by atoms with Gasteiger partial charge in [0.25, 0.3) is 5.91 Å². The number of halogens is 1. The van der Waals surface area contributed by atoms with Crippen LogP contribution in [0.4, 0.5) is 4.39 Å². The molecule has 2 aromatic rings. The van der Waals surface area contributed by atoms with Crippen LogP contribution in [-0.4, -0.2) is 44.5 Å². The molecule has 1 heterocycles. The summed E-state index contributed by atoms with van der Waals surface area (Å²) in [7, 11) is 4.51. The highest BCUT2D eigenvalue weighted by Crippen LogP contribution is 2.29. The summed E-state index contributed by atoms with van der Waals surface area (Å²) in [4.78, 5) is 12.6. The van der Waals surface area contributed by atoms with E-state index in [1.165, 1.54) is 24.3 Å². The van der Waals surface area contributed by atoms with Gasteiger partial charge in [0, 0.05) is 17.5 Å². The molecule has 0 bridgehead atoms. The van der Waals surface area contributed by atoms with Gasteiger partial charge in [-0.3, -0.25) is 4.79 Å². The van der Waals surface area contributed by atoms with Gasteiger partial charge in [-0.05, 0) is 36.4 Å². The zero-order valence-electron chi connectivity index (χ0n) is 14.8. The van der Waals surface area contributed by atoms with E-state index < -0.39 is 5.82 Å². The molecule has 0 unspecified atom stereocenters. The molecule has 0 saturated carbocycles. The minimum absolute atomic E-state index is 0.0949. The molecule has 0 fully saturated rings. The lowest BCUT2D eigenvalue weighted by Crippen LogP contribution is -2.23. The molecule has 0 aromatic heterocycles. The molecule has 2 aromatic carbocycles. The Bertz CT molecular complexity index is 867. The van der Waals surface area contributed by atoms with Gasteiger partial charge >= 0.3 is 0 Å². The Balaban J connectivity index is 1.83. The third-order valence-corrected chi connectivity index (χ3v) is 4.15. The first-order valence-corrected chi connectivity index (χ1v) is 8.02. The number of carbonyl (C=O) groups excluding carboxylic acids is 1. The van der Waals surface area contributed by atoms with Crippen molar-refractivity contribution in [2.45, 2.75) is 6.42 Å². The summed E-state index contributed by atoms with van der Waals surface area (Å²) < 4.78 is 29.2. The zero-order valence-corrected chi connectivity index (χ0v) is 14.8. The van der Waals surface area contributed by atoms with Crippen LogP contribution in [0, 0.1) is 5.82 Å². The van der Waals surface area contributed by atoms with E-state index >= 15 is 0 Å². The first-order valence-electron chi connectivity index (χ1n) is 8.02. The van der Waals surface area contributed by atoms with Crippen molar-refractivity contribution in [3.63, 3.8) is 0 Å². The average molecular weight is 358 g/mol. The van der Waals surface area contributed by atoms with Crippen LogP contribution in [0.3, 0.4) is 0 Å². The van der Waals surface area contributed by atoms with Crippen molar-refractivity contribution < 1.29 is 23.4 Å². The fourth-order valence-electron chi connectivity index (χ4n) is 2.77.